The van der Waals surface area contributed by atoms with Crippen LogP contribution in [0.1, 0.15) is 12.0 Å². The van der Waals surface area contributed by atoms with E-state index in [0.29, 0.717) is 10.6 Å². The van der Waals surface area contributed by atoms with E-state index in [-0.39, 0.29) is 19.5 Å². The Labute approximate surface area is 131 Å². The molecule has 1 aromatic rings. The van der Waals surface area contributed by atoms with Crippen LogP contribution in [0.3, 0.4) is 0 Å². The second kappa shape index (κ2) is 6.89. The summed E-state index contributed by atoms with van der Waals surface area (Å²) >= 11 is 0. The smallest absolute Gasteiger partial charge is 0.406 e. The number of amides is 2. The highest BCUT2D eigenvalue weighted by Gasteiger charge is 2.40. The molecule has 1 aliphatic heterocycles. The molecule has 1 saturated heterocycles. The molecular formula is C15H17F3N2O3. The summed E-state index contributed by atoms with van der Waals surface area (Å²) in [5.41, 5.74) is 0.829. The number of methoxy groups -OCH3 is 1. The van der Waals surface area contributed by atoms with Crippen molar-refractivity contribution in [1.29, 1.82) is 0 Å². The molecule has 5 nitrogen and oxygen atoms in total. The topological polar surface area (TPSA) is 58.6 Å². The van der Waals surface area contributed by atoms with Crippen LogP contribution >= 0.6 is 0 Å². The van der Waals surface area contributed by atoms with Crippen LogP contribution in [0.25, 0.3) is 0 Å². The number of benzene rings is 1. The van der Waals surface area contributed by atoms with Crippen molar-refractivity contribution in [3.05, 3.63) is 29.8 Å². The van der Waals surface area contributed by atoms with Gasteiger partial charge in [-0.25, -0.2) is 0 Å². The molecule has 126 valence electrons. The Morgan fingerprint density at radius 3 is 2.57 bits per heavy atom. The van der Waals surface area contributed by atoms with Crippen molar-refractivity contribution in [1.82, 2.24) is 10.2 Å². The fraction of sp³-hybridized carbons (Fsp3) is 0.467. The fourth-order valence-electron chi connectivity index (χ4n) is 2.39. The molecule has 1 heterocycles. The minimum absolute atomic E-state index is 0.190. The van der Waals surface area contributed by atoms with E-state index < -0.39 is 30.5 Å². The SMILES string of the molecule is COc1ccc(CNC(=O)[C@H]2CC(=O)N(CC(F)(F)F)C2)cc1. The molecule has 1 aliphatic rings. The molecule has 2 rings (SSSR count). The number of hydrogen-bond donors (Lipinski definition) is 1. The van der Waals surface area contributed by atoms with Gasteiger partial charge in [-0.3, -0.25) is 9.59 Å². The van der Waals surface area contributed by atoms with Gasteiger partial charge in [0, 0.05) is 19.5 Å². The summed E-state index contributed by atoms with van der Waals surface area (Å²) in [6.07, 6.45) is -4.64. The lowest BCUT2D eigenvalue weighted by Gasteiger charge is -2.18. The van der Waals surface area contributed by atoms with Crippen molar-refractivity contribution in [3.8, 4) is 5.75 Å². The van der Waals surface area contributed by atoms with Gasteiger partial charge < -0.3 is 15.0 Å². The third-order valence-electron chi connectivity index (χ3n) is 3.58. The monoisotopic (exact) mass is 330 g/mol. The summed E-state index contributed by atoms with van der Waals surface area (Å²) in [6.45, 7) is -1.27. The van der Waals surface area contributed by atoms with E-state index in [1.165, 1.54) is 0 Å². The maximum atomic E-state index is 12.3. The molecule has 1 atom stereocenters. The molecule has 0 spiro atoms. The summed E-state index contributed by atoms with van der Waals surface area (Å²) in [4.78, 5) is 24.2. The zero-order valence-electron chi connectivity index (χ0n) is 12.5. The van der Waals surface area contributed by atoms with Crippen molar-refractivity contribution in [3.63, 3.8) is 0 Å². The van der Waals surface area contributed by atoms with Gasteiger partial charge in [0.15, 0.2) is 0 Å². The molecule has 1 N–H and O–H groups in total. The Bertz CT molecular complexity index is 572. The number of carbonyl (C=O) groups is 2. The van der Waals surface area contributed by atoms with E-state index >= 15 is 0 Å². The van der Waals surface area contributed by atoms with Gasteiger partial charge in [-0.05, 0) is 17.7 Å². The standard InChI is InChI=1S/C15H17F3N2O3/c1-23-12-4-2-10(3-5-12)7-19-14(22)11-6-13(21)20(8-11)9-15(16,17)18/h2-5,11H,6-9H2,1H3,(H,19,22)/t11-/m0/s1. The molecule has 0 saturated carbocycles. The number of alkyl halides is 3. The lowest BCUT2D eigenvalue weighted by atomic mass is 10.1. The highest BCUT2D eigenvalue weighted by molar-refractivity contribution is 5.89. The lowest BCUT2D eigenvalue weighted by Crippen LogP contribution is -2.37. The quantitative estimate of drug-likeness (QED) is 0.894. The molecule has 0 unspecified atom stereocenters. The third-order valence-corrected chi connectivity index (χ3v) is 3.58. The normalized spacial score (nSPS) is 18.2. The number of likely N-dealkylation sites (tertiary alicyclic amines) is 1. The van der Waals surface area contributed by atoms with Crippen molar-refractivity contribution in [2.75, 3.05) is 20.2 Å². The third kappa shape index (κ3) is 4.87. The Morgan fingerprint density at radius 2 is 2.00 bits per heavy atom. The minimum Gasteiger partial charge on any atom is -0.497 e. The van der Waals surface area contributed by atoms with Crippen LogP contribution in [0.5, 0.6) is 5.75 Å². The zero-order chi connectivity index (χ0) is 17.0. The van der Waals surface area contributed by atoms with Crippen molar-refractivity contribution in [2.24, 2.45) is 5.92 Å². The zero-order valence-corrected chi connectivity index (χ0v) is 12.5. The second-order valence-electron chi connectivity index (χ2n) is 5.36. The summed E-state index contributed by atoms with van der Waals surface area (Å²) in [6, 6.07) is 7.03. The largest absolute Gasteiger partial charge is 0.497 e. The summed E-state index contributed by atoms with van der Waals surface area (Å²) in [5.74, 6) is -1.13. The van der Waals surface area contributed by atoms with Gasteiger partial charge in [0.2, 0.25) is 11.8 Å². The summed E-state index contributed by atoms with van der Waals surface area (Å²) < 4.78 is 42.0. The van der Waals surface area contributed by atoms with Crippen LogP contribution in [0.2, 0.25) is 0 Å². The van der Waals surface area contributed by atoms with Crippen LogP contribution < -0.4 is 10.1 Å². The number of hydrogen-bond acceptors (Lipinski definition) is 3. The average molecular weight is 330 g/mol. The number of nitrogens with one attached hydrogen (secondary N) is 1. The van der Waals surface area contributed by atoms with Gasteiger partial charge >= 0.3 is 6.18 Å². The fourth-order valence-corrected chi connectivity index (χ4v) is 2.39. The van der Waals surface area contributed by atoms with E-state index in [9.17, 15) is 22.8 Å². The highest BCUT2D eigenvalue weighted by atomic mass is 19.4. The molecule has 1 fully saturated rings. The average Bonchev–Trinajstić information content (AvgIpc) is 2.84. The van der Waals surface area contributed by atoms with Crippen LogP contribution in [-0.4, -0.2) is 43.1 Å². The Balaban J connectivity index is 1.85. The van der Waals surface area contributed by atoms with Gasteiger partial charge in [-0.15, -0.1) is 0 Å². The Kier molecular flexibility index (Phi) is 5.12. The lowest BCUT2D eigenvalue weighted by molar-refractivity contribution is -0.157. The molecule has 2 amide bonds. The molecule has 0 aliphatic carbocycles. The molecule has 0 bridgehead atoms. The molecule has 8 heteroatoms. The van der Waals surface area contributed by atoms with E-state index in [4.69, 9.17) is 4.74 Å². The van der Waals surface area contributed by atoms with Gasteiger partial charge in [0.1, 0.15) is 12.3 Å². The molecule has 0 radical (unpaired) electrons. The number of rotatable bonds is 5. The van der Waals surface area contributed by atoms with Crippen LogP contribution in [0.4, 0.5) is 13.2 Å². The Morgan fingerprint density at radius 1 is 1.35 bits per heavy atom. The van der Waals surface area contributed by atoms with Crippen LogP contribution in [-0.2, 0) is 16.1 Å². The highest BCUT2D eigenvalue weighted by Crippen LogP contribution is 2.24. The van der Waals surface area contributed by atoms with Gasteiger partial charge in [-0.2, -0.15) is 13.2 Å². The van der Waals surface area contributed by atoms with Crippen molar-refractivity contribution in [2.45, 2.75) is 19.1 Å². The number of halogens is 3. The molecule has 1 aromatic carbocycles. The van der Waals surface area contributed by atoms with E-state index in [2.05, 4.69) is 5.32 Å². The Hall–Kier alpha value is -2.25. The first-order chi connectivity index (χ1) is 10.8. The summed E-state index contributed by atoms with van der Waals surface area (Å²) in [7, 11) is 1.54. The van der Waals surface area contributed by atoms with E-state index in [0.717, 1.165) is 5.56 Å². The molecule has 23 heavy (non-hydrogen) atoms. The molecular weight excluding hydrogens is 313 g/mol. The maximum absolute atomic E-state index is 12.3. The second-order valence-corrected chi connectivity index (χ2v) is 5.36. The van der Waals surface area contributed by atoms with Gasteiger partial charge in [0.25, 0.3) is 0 Å². The van der Waals surface area contributed by atoms with Gasteiger partial charge in [-0.1, -0.05) is 12.1 Å². The first-order valence-corrected chi connectivity index (χ1v) is 7.03. The van der Waals surface area contributed by atoms with E-state index in [1.54, 1.807) is 31.4 Å². The maximum Gasteiger partial charge on any atom is 0.406 e. The minimum atomic E-state index is -4.45. The van der Waals surface area contributed by atoms with Crippen molar-refractivity contribution < 1.29 is 27.5 Å². The summed E-state index contributed by atoms with van der Waals surface area (Å²) in [5, 5.41) is 2.64. The molecule has 0 aromatic heterocycles. The van der Waals surface area contributed by atoms with Crippen molar-refractivity contribution >= 4 is 11.8 Å². The first-order valence-electron chi connectivity index (χ1n) is 7.03. The van der Waals surface area contributed by atoms with E-state index in [1.807, 2.05) is 0 Å². The predicted molar refractivity (Wildman–Crippen MR) is 75.6 cm³/mol. The van der Waals surface area contributed by atoms with Crippen LogP contribution in [0, 0.1) is 5.92 Å². The number of ether oxygens (including phenoxy) is 1. The van der Waals surface area contributed by atoms with Gasteiger partial charge in [0.05, 0.1) is 13.0 Å². The predicted octanol–water partition coefficient (Wildman–Crippen LogP) is 1.72. The number of carbonyl (C=O) groups excluding carboxylic acids is 2. The first kappa shape index (κ1) is 17.1. The number of nitrogens with zero attached hydrogens (tertiary/aromatic N) is 1. The van der Waals surface area contributed by atoms with Crippen LogP contribution in [0.15, 0.2) is 24.3 Å².